The van der Waals surface area contributed by atoms with Gasteiger partial charge in [0, 0.05) is 0 Å². The van der Waals surface area contributed by atoms with Crippen molar-refractivity contribution in [3.8, 4) is 0 Å². The summed E-state index contributed by atoms with van der Waals surface area (Å²) < 4.78 is 0. The van der Waals surface area contributed by atoms with Crippen LogP contribution in [0.1, 0.15) is 20.3 Å². The quantitative estimate of drug-likeness (QED) is 0.492. The van der Waals surface area contributed by atoms with Gasteiger partial charge in [0.05, 0.1) is 13.1 Å². The molecule has 0 saturated carbocycles. The Morgan fingerprint density at radius 2 is 2.00 bits per heavy atom. The van der Waals surface area contributed by atoms with Gasteiger partial charge in [0.1, 0.15) is 0 Å². The standard InChI is InChI=1S/C5H13NO/c1-3-5-6(7)4-2/h6H,3-5H2,1-2H3. The molecule has 44 valence electrons. The summed E-state index contributed by atoms with van der Waals surface area (Å²) in [6.45, 7) is 5.38. The van der Waals surface area contributed by atoms with Crippen LogP contribution in [-0.4, -0.2) is 13.1 Å². The molecule has 0 heterocycles. The number of nitrogens with one attached hydrogen (secondary N) is 1. The molecule has 0 radical (unpaired) electrons. The van der Waals surface area contributed by atoms with Crippen LogP contribution >= 0.6 is 0 Å². The Labute approximate surface area is 44.7 Å². The van der Waals surface area contributed by atoms with Crippen LogP contribution in [0.5, 0.6) is 0 Å². The highest BCUT2D eigenvalue weighted by Gasteiger charge is 1.84. The van der Waals surface area contributed by atoms with Crippen molar-refractivity contribution in [2.45, 2.75) is 20.3 Å². The summed E-state index contributed by atoms with van der Waals surface area (Å²) in [5, 5.41) is 10.8. The Balaban J connectivity index is 2.83. The van der Waals surface area contributed by atoms with Gasteiger partial charge in [-0.1, -0.05) is 6.92 Å². The first-order valence-corrected chi connectivity index (χ1v) is 2.83. The SMILES string of the molecule is CCC[NH+]([O-])CC. The molecule has 0 bridgehead atoms. The molecule has 1 N–H and O–H groups in total. The Kier molecular flexibility index (Phi) is 4.04. The maximum atomic E-state index is 10.4. The molecule has 1 atom stereocenters. The second-order valence-corrected chi connectivity index (χ2v) is 1.64. The molecule has 2 heteroatoms. The van der Waals surface area contributed by atoms with Crippen molar-refractivity contribution in [1.82, 2.24) is 0 Å². The lowest BCUT2D eigenvalue weighted by atomic mass is 10.5. The minimum atomic E-state index is 0.377. The van der Waals surface area contributed by atoms with E-state index in [9.17, 15) is 5.21 Å². The van der Waals surface area contributed by atoms with E-state index in [4.69, 9.17) is 0 Å². The van der Waals surface area contributed by atoms with Crippen LogP contribution in [0.2, 0.25) is 0 Å². The number of hydrogen-bond acceptors (Lipinski definition) is 1. The van der Waals surface area contributed by atoms with Crippen molar-refractivity contribution >= 4 is 0 Å². The minimum absolute atomic E-state index is 0.377. The summed E-state index contributed by atoms with van der Waals surface area (Å²) in [6.07, 6.45) is 0.993. The normalized spacial score (nSPS) is 14.1. The Bertz CT molecular complexity index is 39.1. The van der Waals surface area contributed by atoms with E-state index in [1.807, 2.05) is 13.8 Å². The predicted molar refractivity (Wildman–Crippen MR) is 30.0 cm³/mol. The molecule has 0 aromatic heterocycles. The van der Waals surface area contributed by atoms with Gasteiger partial charge in [-0.25, -0.2) is 0 Å². The number of hydroxylamine groups is 2. The maximum Gasteiger partial charge on any atom is 0.0765 e. The van der Waals surface area contributed by atoms with Crippen LogP contribution in [0, 0.1) is 5.21 Å². The van der Waals surface area contributed by atoms with Crippen LogP contribution < -0.4 is 5.06 Å². The Hall–Kier alpha value is -0.0800. The third kappa shape index (κ3) is 3.76. The van der Waals surface area contributed by atoms with E-state index in [0.29, 0.717) is 11.6 Å². The molecular formula is C5H13NO. The minimum Gasteiger partial charge on any atom is -0.634 e. The molecule has 0 aromatic rings. The molecule has 1 unspecified atom stereocenters. The zero-order chi connectivity index (χ0) is 5.70. The smallest absolute Gasteiger partial charge is 0.0765 e. The summed E-state index contributed by atoms with van der Waals surface area (Å²) in [6, 6.07) is 0. The maximum absolute atomic E-state index is 10.4. The van der Waals surface area contributed by atoms with Crippen LogP contribution in [0.4, 0.5) is 0 Å². The highest BCUT2D eigenvalue weighted by Crippen LogP contribution is 1.60. The van der Waals surface area contributed by atoms with Crippen LogP contribution in [-0.2, 0) is 0 Å². The largest absolute Gasteiger partial charge is 0.634 e. The first-order chi connectivity index (χ1) is 3.31. The molecule has 0 fully saturated rings. The summed E-state index contributed by atoms with van der Waals surface area (Å²) in [5.41, 5.74) is 0. The molecule has 0 saturated heterocycles. The van der Waals surface area contributed by atoms with Crippen molar-refractivity contribution < 1.29 is 5.06 Å². The number of rotatable bonds is 3. The highest BCUT2D eigenvalue weighted by atomic mass is 16.5. The van der Waals surface area contributed by atoms with Gasteiger partial charge in [-0.15, -0.1) is 0 Å². The number of quaternary nitrogens is 1. The van der Waals surface area contributed by atoms with E-state index >= 15 is 0 Å². The van der Waals surface area contributed by atoms with Crippen molar-refractivity contribution in [2.24, 2.45) is 0 Å². The van der Waals surface area contributed by atoms with Gasteiger partial charge in [-0.3, -0.25) is 0 Å². The number of hydrogen-bond donors (Lipinski definition) is 1. The third-order valence-corrected chi connectivity index (χ3v) is 0.923. The van der Waals surface area contributed by atoms with Gasteiger partial charge in [-0.05, 0) is 13.3 Å². The lowest BCUT2D eigenvalue weighted by Gasteiger charge is -2.18. The zero-order valence-corrected chi connectivity index (χ0v) is 5.03. The molecule has 0 amide bonds. The monoisotopic (exact) mass is 103 g/mol. The topological polar surface area (TPSA) is 27.5 Å². The lowest BCUT2D eigenvalue weighted by molar-refractivity contribution is -0.846. The van der Waals surface area contributed by atoms with Crippen LogP contribution in [0.15, 0.2) is 0 Å². The highest BCUT2D eigenvalue weighted by molar-refractivity contribution is 4.20. The van der Waals surface area contributed by atoms with Crippen molar-refractivity contribution in [2.75, 3.05) is 13.1 Å². The Morgan fingerprint density at radius 3 is 2.14 bits per heavy atom. The van der Waals surface area contributed by atoms with E-state index in [1.165, 1.54) is 0 Å². The average molecular weight is 103 g/mol. The van der Waals surface area contributed by atoms with E-state index < -0.39 is 0 Å². The second-order valence-electron chi connectivity index (χ2n) is 1.64. The van der Waals surface area contributed by atoms with Crippen molar-refractivity contribution in [1.29, 1.82) is 0 Å². The van der Waals surface area contributed by atoms with E-state index in [2.05, 4.69) is 0 Å². The molecule has 0 aliphatic carbocycles. The van der Waals surface area contributed by atoms with E-state index in [-0.39, 0.29) is 0 Å². The second kappa shape index (κ2) is 4.09. The fraction of sp³-hybridized carbons (Fsp3) is 1.00. The molecule has 0 aliphatic rings. The molecule has 2 nitrogen and oxygen atoms in total. The van der Waals surface area contributed by atoms with Crippen LogP contribution in [0.3, 0.4) is 0 Å². The van der Waals surface area contributed by atoms with Crippen molar-refractivity contribution in [3.05, 3.63) is 5.21 Å². The fourth-order valence-electron chi connectivity index (χ4n) is 0.456. The first kappa shape index (κ1) is 6.92. The van der Waals surface area contributed by atoms with Gasteiger partial charge in [0.2, 0.25) is 0 Å². The summed E-state index contributed by atoms with van der Waals surface area (Å²) in [7, 11) is 0. The molecule has 0 aromatic carbocycles. The van der Waals surface area contributed by atoms with Gasteiger partial charge in [0.25, 0.3) is 0 Å². The fourth-order valence-corrected chi connectivity index (χ4v) is 0.456. The molecule has 0 spiro atoms. The summed E-state index contributed by atoms with van der Waals surface area (Å²) in [4.78, 5) is 0. The predicted octanol–water partition coefficient (Wildman–Crippen LogP) is -0.201. The van der Waals surface area contributed by atoms with Crippen LogP contribution in [0.25, 0.3) is 0 Å². The summed E-state index contributed by atoms with van der Waals surface area (Å²) >= 11 is 0. The third-order valence-electron chi connectivity index (χ3n) is 0.923. The van der Waals surface area contributed by atoms with Crippen molar-refractivity contribution in [3.63, 3.8) is 0 Å². The molecule has 7 heavy (non-hydrogen) atoms. The van der Waals surface area contributed by atoms with E-state index in [0.717, 1.165) is 13.0 Å². The van der Waals surface area contributed by atoms with Gasteiger partial charge in [0.15, 0.2) is 0 Å². The van der Waals surface area contributed by atoms with Gasteiger partial charge in [-0.2, -0.15) is 0 Å². The van der Waals surface area contributed by atoms with Gasteiger partial charge >= 0.3 is 0 Å². The molecule has 0 rings (SSSR count). The molecular weight excluding hydrogens is 90.1 g/mol. The van der Waals surface area contributed by atoms with E-state index in [1.54, 1.807) is 0 Å². The Morgan fingerprint density at radius 1 is 1.43 bits per heavy atom. The summed E-state index contributed by atoms with van der Waals surface area (Å²) in [5.74, 6) is 0. The first-order valence-electron chi connectivity index (χ1n) is 2.83. The molecule has 0 aliphatic heterocycles. The zero-order valence-electron chi connectivity index (χ0n) is 5.03. The van der Waals surface area contributed by atoms with Gasteiger partial charge < -0.3 is 10.3 Å². The lowest BCUT2D eigenvalue weighted by Crippen LogP contribution is -3.06. The average Bonchev–Trinajstić information content (AvgIpc) is 1.68.